The van der Waals surface area contributed by atoms with E-state index < -0.39 is 5.41 Å². The van der Waals surface area contributed by atoms with Crippen LogP contribution in [0.15, 0.2) is 41.8 Å². The minimum absolute atomic E-state index is 0.0667. The van der Waals surface area contributed by atoms with E-state index in [4.69, 9.17) is 0 Å². The van der Waals surface area contributed by atoms with Crippen LogP contribution < -0.4 is 5.32 Å². The van der Waals surface area contributed by atoms with Crippen molar-refractivity contribution in [2.45, 2.75) is 52.5 Å². The Kier molecular flexibility index (Phi) is 6.55. The predicted molar refractivity (Wildman–Crippen MR) is 115 cm³/mol. The standard InChI is InChI=1S/C23H30N2O2S/c1-4-21(26)25-13-8-12-23(16-25,22(27)24-17(2)3)15-18-9-5-6-10-19(18)20-11-7-14-28-20/h5-7,9-11,14,17H,4,8,12-13,15-16H2,1-3H3,(H,24,27)/t23-/m0/s1. The number of benzene rings is 1. The Bertz CT molecular complexity index is 816. The molecule has 1 aliphatic rings. The molecule has 0 spiro atoms. The van der Waals surface area contributed by atoms with Gasteiger partial charge in [-0.25, -0.2) is 0 Å². The molecular formula is C23H30N2O2S. The van der Waals surface area contributed by atoms with Crippen LogP contribution in [0.1, 0.15) is 45.6 Å². The van der Waals surface area contributed by atoms with Gasteiger partial charge in [0.25, 0.3) is 0 Å². The molecule has 1 saturated heterocycles. The average molecular weight is 399 g/mol. The molecule has 28 heavy (non-hydrogen) atoms. The minimum atomic E-state index is -0.583. The fourth-order valence-corrected chi connectivity index (χ4v) is 4.89. The van der Waals surface area contributed by atoms with E-state index in [0.29, 0.717) is 19.4 Å². The molecule has 1 N–H and O–H groups in total. The van der Waals surface area contributed by atoms with Crippen molar-refractivity contribution >= 4 is 23.2 Å². The molecule has 2 aromatic rings. The van der Waals surface area contributed by atoms with Crippen molar-refractivity contribution in [2.24, 2.45) is 5.41 Å². The molecular weight excluding hydrogens is 368 g/mol. The maximum absolute atomic E-state index is 13.3. The van der Waals surface area contributed by atoms with Crippen LogP contribution in [0.3, 0.4) is 0 Å². The van der Waals surface area contributed by atoms with Gasteiger partial charge in [-0.15, -0.1) is 11.3 Å². The van der Waals surface area contributed by atoms with Gasteiger partial charge in [0.1, 0.15) is 0 Å². The molecule has 150 valence electrons. The highest BCUT2D eigenvalue weighted by molar-refractivity contribution is 7.13. The van der Waals surface area contributed by atoms with Crippen molar-refractivity contribution in [1.29, 1.82) is 0 Å². The summed E-state index contributed by atoms with van der Waals surface area (Å²) in [4.78, 5) is 28.8. The molecule has 4 nitrogen and oxygen atoms in total. The summed E-state index contributed by atoms with van der Waals surface area (Å²) in [6, 6.07) is 12.6. The molecule has 2 heterocycles. The zero-order valence-corrected chi connectivity index (χ0v) is 17.8. The molecule has 1 aliphatic heterocycles. The highest BCUT2D eigenvalue weighted by Gasteiger charge is 2.43. The van der Waals surface area contributed by atoms with Gasteiger partial charge in [-0.05, 0) is 55.7 Å². The van der Waals surface area contributed by atoms with Crippen molar-refractivity contribution in [1.82, 2.24) is 10.2 Å². The Morgan fingerprint density at radius 1 is 1.21 bits per heavy atom. The number of piperidine rings is 1. The summed E-state index contributed by atoms with van der Waals surface area (Å²) in [6.07, 6.45) is 2.79. The SMILES string of the molecule is CCC(=O)N1CCC[C@@](Cc2ccccc2-c2cccs2)(C(=O)NC(C)C)C1. The van der Waals surface area contributed by atoms with Crippen LogP contribution in [-0.2, 0) is 16.0 Å². The van der Waals surface area contributed by atoms with Crippen molar-refractivity contribution in [2.75, 3.05) is 13.1 Å². The number of hydrogen-bond donors (Lipinski definition) is 1. The summed E-state index contributed by atoms with van der Waals surface area (Å²) in [7, 11) is 0. The molecule has 1 aromatic heterocycles. The number of likely N-dealkylation sites (tertiary alicyclic amines) is 1. The van der Waals surface area contributed by atoms with Crippen LogP contribution in [0.5, 0.6) is 0 Å². The van der Waals surface area contributed by atoms with Crippen LogP contribution in [0.2, 0.25) is 0 Å². The van der Waals surface area contributed by atoms with Gasteiger partial charge < -0.3 is 10.2 Å². The largest absolute Gasteiger partial charge is 0.353 e. The van der Waals surface area contributed by atoms with Crippen LogP contribution in [0, 0.1) is 5.41 Å². The highest BCUT2D eigenvalue weighted by atomic mass is 32.1. The number of nitrogens with one attached hydrogen (secondary N) is 1. The lowest BCUT2D eigenvalue weighted by atomic mass is 9.73. The quantitative estimate of drug-likeness (QED) is 0.779. The molecule has 1 aromatic carbocycles. The van der Waals surface area contributed by atoms with Crippen molar-refractivity contribution in [3.63, 3.8) is 0 Å². The lowest BCUT2D eigenvalue weighted by Crippen LogP contribution is -2.55. The fourth-order valence-electron chi connectivity index (χ4n) is 4.10. The Balaban J connectivity index is 1.97. The van der Waals surface area contributed by atoms with E-state index in [-0.39, 0.29) is 17.9 Å². The highest BCUT2D eigenvalue weighted by Crippen LogP contribution is 2.38. The number of amides is 2. The minimum Gasteiger partial charge on any atom is -0.353 e. The number of nitrogens with zero attached hydrogens (tertiary/aromatic N) is 1. The van der Waals surface area contributed by atoms with Crippen LogP contribution in [0.25, 0.3) is 10.4 Å². The van der Waals surface area contributed by atoms with Gasteiger partial charge in [0.2, 0.25) is 11.8 Å². The summed E-state index contributed by atoms with van der Waals surface area (Å²) >= 11 is 1.71. The second-order valence-electron chi connectivity index (χ2n) is 7.99. The van der Waals surface area contributed by atoms with E-state index >= 15 is 0 Å². The van der Waals surface area contributed by atoms with Gasteiger partial charge in [-0.2, -0.15) is 0 Å². The average Bonchev–Trinajstić information content (AvgIpc) is 3.22. The van der Waals surface area contributed by atoms with Gasteiger partial charge in [0.15, 0.2) is 0 Å². The van der Waals surface area contributed by atoms with Gasteiger partial charge in [-0.1, -0.05) is 37.3 Å². The summed E-state index contributed by atoms with van der Waals surface area (Å²) in [5, 5.41) is 5.21. The molecule has 0 saturated carbocycles. The number of rotatable bonds is 6. The maximum atomic E-state index is 13.3. The molecule has 0 bridgehead atoms. The van der Waals surface area contributed by atoms with Gasteiger partial charge in [-0.3, -0.25) is 9.59 Å². The topological polar surface area (TPSA) is 49.4 Å². The first-order valence-electron chi connectivity index (χ1n) is 10.2. The van der Waals surface area contributed by atoms with Crippen molar-refractivity contribution in [3.8, 4) is 10.4 Å². The number of hydrogen-bond acceptors (Lipinski definition) is 3. The molecule has 2 amide bonds. The second-order valence-corrected chi connectivity index (χ2v) is 8.94. The third kappa shape index (κ3) is 4.46. The molecule has 0 radical (unpaired) electrons. The van der Waals surface area contributed by atoms with E-state index in [1.165, 1.54) is 16.0 Å². The summed E-state index contributed by atoms with van der Waals surface area (Å²) in [5.74, 6) is 0.199. The zero-order chi connectivity index (χ0) is 20.1. The molecule has 1 atom stereocenters. The summed E-state index contributed by atoms with van der Waals surface area (Å²) in [5.41, 5.74) is 1.78. The Morgan fingerprint density at radius 3 is 2.68 bits per heavy atom. The van der Waals surface area contributed by atoms with Crippen molar-refractivity contribution < 1.29 is 9.59 Å². The number of carbonyl (C=O) groups excluding carboxylic acids is 2. The molecule has 5 heteroatoms. The zero-order valence-electron chi connectivity index (χ0n) is 17.0. The first kappa shape index (κ1) is 20.6. The lowest BCUT2D eigenvalue weighted by molar-refractivity contribution is -0.141. The Labute approximate surface area is 172 Å². The Morgan fingerprint density at radius 2 is 2.00 bits per heavy atom. The van der Waals surface area contributed by atoms with E-state index in [9.17, 15) is 9.59 Å². The van der Waals surface area contributed by atoms with E-state index in [0.717, 1.165) is 19.4 Å². The van der Waals surface area contributed by atoms with Crippen LogP contribution in [0.4, 0.5) is 0 Å². The third-order valence-electron chi connectivity index (χ3n) is 5.47. The monoisotopic (exact) mass is 398 g/mol. The number of carbonyl (C=O) groups is 2. The van der Waals surface area contributed by atoms with E-state index in [1.807, 2.05) is 37.8 Å². The van der Waals surface area contributed by atoms with E-state index in [1.54, 1.807) is 11.3 Å². The van der Waals surface area contributed by atoms with Gasteiger partial charge in [0, 0.05) is 30.4 Å². The van der Waals surface area contributed by atoms with E-state index in [2.05, 4.69) is 35.0 Å². The summed E-state index contributed by atoms with van der Waals surface area (Å²) < 4.78 is 0. The predicted octanol–water partition coefficient (Wildman–Crippen LogP) is 4.50. The first-order chi connectivity index (χ1) is 13.4. The fraction of sp³-hybridized carbons (Fsp3) is 0.478. The molecule has 3 rings (SSSR count). The first-order valence-corrected chi connectivity index (χ1v) is 11.0. The third-order valence-corrected chi connectivity index (χ3v) is 6.37. The second kappa shape index (κ2) is 8.91. The lowest BCUT2D eigenvalue weighted by Gasteiger charge is -2.42. The molecule has 1 fully saturated rings. The number of thiophene rings is 1. The normalized spacial score (nSPS) is 19.6. The Hall–Kier alpha value is -2.14. The van der Waals surface area contributed by atoms with Crippen LogP contribution in [-0.4, -0.2) is 35.8 Å². The van der Waals surface area contributed by atoms with Crippen LogP contribution >= 0.6 is 11.3 Å². The molecule has 0 unspecified atom stereocenters. The molecule has 0 aliphatic carbocycles. The van der Waals surface area contributed by atoms with Crippen molar-refractivity contribution in [3.05, 3.63) is 47.3 Å². The maximum Gasteiger partial charge on any atom is 0.228 e. The van der Waals surface area contributed by atoms with Gasteiger partial charge >= 0.3 is 0 Å². The smallest absolute Gasteiger partial charge is 0.228 e. The summed E-state index contributed by atoms with van der Waals surface area (Å²) in [6.45, 7) is 7.11. The van der Waals surface area contributed by atoms with Gasteiger partial charge in [0.05, 0.1) is 5.41 Å².